The Kier molecular flexibility index (Phi) is 4.24. The molecule has 2 aromatic rings. The van der Waals surface area contributed by atoms with Crippen molar-refractivity contribution >= 4 is 32.3 Å². The molecule has 8 heteroatoms. The normalized spacial score (nSPS) is 19.9. The Balaban J connectivity index is 1.85. The van der Waals surface area contributed by atoms with E-state index in [1.807, 2.05) is 0 Å². The molecule has 2 aromatic heterocycles. The van der Waals surface area contributed by atoms with E-state index in [2.05, 4.69) is 21.0 Å². The number of aromatic amines is 1. The van der Waals surface area contributed by atoms with Gasteiger partial charge in [0.1, 0.15) is 22.6 Å². The van der Waals surface area contributed by atoms with E-state index in [0.717, 1.165) is 30.5 Å². The van der Waals surface area contributed by atoms with Crippen molar-refractivity contribution < 1.29 is 13.2 Å². The zero-order valence-corrected chi connectivity index (χ0v) is 14.8. The molecule has 4 rings (SSSR count). The van der Waals surface area contributed by atoms with Gasteiger partial charge in [-0.15, -0.1) is 0 Å². The van der Waals surface area contributed by atoms with E-state index < -0.39 is 15.1 Å². The number of hydrogen-bond donors (Lipinski definition) is 2. The minimum atomic E-state index is -3.57. The lowest BCUT2D eigenvalue weighted by atomic mass is 9.96. The standard InChI is InChI=1S/C17H22N4O3S/c18-17-16(25(22,23)12-6-8-24-9-7-12)15-14(21-17)13(19-10-20-15)11-4-2-1-3-5-11/h4,10,12,21H,1-3,5-9,18H2. The average molecular weight is 362 g/mol. The van der Waals surface area contributed by atoms with E-state index in [1.54, 1.807) is 0 Å². The number of anilines is 1. The highest BCUT2D eigenvalue weighted by molar-refractivity contribution is 7.92. The first-order valence-corrected chi connectivity index (χ1v) is 10.3. The fraction of sp³-hybridized carbons (Fsp3) is 0.529. The van der Waals surface area contributed by atoms with Crippen LogP contribution in [-0.4, -0.2) is 41.8 Å². The third-order valence-corrected chi connectivity index (χ3v) is 7.38. The molecule has 1 saturated heterocycles. The predicted octanol–water partition coefficient (Wildman–Crippen LogP) is 2.45. The van der Waals surface area contributed by atoms with Gasteiger partial charge in [-0.2, -0.15) is 0 Å². The van der Waals surface area contributed by atoms with Crippen LogP contribution in [0, 0.1) is 0 Å². The maximum atomic E-state index is 13.1. The lowest BCUT2D eigenvalue weighted by molar-refractivity contribution is 0.0984. The predicted molar refractivity (Wildman–Crippen MR) is 95.8 cm³/mol. The topological polar surface area (TPSA) is 111 Å². The van der Waals surface area contributed by atoms with Crippen LogP contribution in [-0.2, 0) is 14.6 Å². The van der Waals surface area contributed by atoms with Gasteiger partial charge in [0.2, 0.25) is 0 Å². The second-order valence-electron chi connectivity index (χ2n) is 6.65. The van der Waals surface area contributed by atoms with Crippen molar-refractivity contribution in [2.75, 3.05) is 18.9 Å². The minimum Gasteiger partial charge on any atom is -0.384 e. The summed E-state index contributed by atoms with van der Waals surface area (Å²) in [7, 11) is -3.57. The fourth-order valence-corrected chi connectivity index (χ4v) is 5.66. The third-order valence-electron chi connectivity index (χ3n) is 5.05. The van der Waals surface area contributed by atoms with Gasteiger partial charge in [0, 0.05) is 13.2 Å². The highest BCUT2D eigenvalue weighted by atomic mass is 32.2. The molecule has 0 amide bonds. The summed E-state index contributed by atoms with van der Waals surface area (Å²) in [5.74, 6) is 0.152. The molecule has 1 aliphatic heterocycles. The third kappa shape index (κ3) is 2.83. The van der Waals surface area contributed by atoms with Crippen LogP contribution in [0.25, 0.3) is 16.6 Å². The number of H-pyrrole nitrogens is 1. The Morgan fingerprint density at radius 2 is 2.00 bits per heavy atom. The number of fused-ring (bicyclic) bond motifs is 1. The number of rotatable bonds is 3. The van der Waals surface area contributed by atoms with Crippen molar-refractivity contribution in [1.29, 1.82) is 0 Å². The summed E-state index contributed by atoms with van der Waals surface area (Å²) in [6.45, 7) is 0.915. The zero-order valence-electron chi connectivity index (χ0n) is 14.0. The second-order valence-corrected chi connectivity index (χ2v) is 8.81. The molecule has 134 valence electrons. The molecular weight excluding hydrogens is 340 g/mol. The van der Waals surface area contributed by atoms with Crippen molar-refractivity contribution in [3.8, 4) is 0 Å². The summed E-state index contributed by atoms with van der Waals surface area (Å²) < 4.78 is 31.6. The summed E-state index contributed by atoms with van der Waals surface area (Å²) in [5.41, 5.74) is 9.02. The van der Waals surface area contributed by atoms with E-state index in [1.165, 1.54) is 12.7 Å². The quantitative estimate of drug-likeness (QED) is 0.867. The van der Waals surface area contributed by atoms with Crippen molar-refractivity contribution in [2.45, 2.75) is 48.7 Å². The summed E-state index contributed by atoms with van der Waals surface area (Å²) in [6.07, 6.45) is 8.82. The maximum Gasteiger partial charge on any atom is 0.187 e. The van der Waals surface area contributed by atoms with Gasteiger partial charge in [0.05, 0.1) is 16.5 Å². The monoisotopic (exact) mass is 362 g/mol. The van der Waals surface area contributed by atoms with Gasteiger partial charge in [-0.25, -0.2) is 18.4 Å². The zero-order chi connectivity index (χ0) is 17.4. The molecule has 7 nitrogen and oxygen atoms in total. The lowest BCUT2D eigenvalue weighted by Crippen LogP contribution is -2.29. The Labute approximate surface area is 146 Å². The summed E-state index contributed by atoms with van der Waals surface area (Å²) in [6, 6.07) is 0. The molecular formula is C17H22N4O3S. The van der Waals surface area contributed by atoms with E-state index in [-0.39, 0.29) is 10.7 Å². The number of sulfone groups is 1. The highest BCUT2D eigenvalue weighted by Gasteiger charge is 2.34. The van der Waals surface area contributed by atoms with Crippen LogP contribution in [0.2, 0.25) is 0 Å². The molecule has 2 aliphatic rings. The largest absolute Gasteiger partial charge is 0.384 e. The van der Waals surface area contributed by atoms with Gasteiger partial charge < -0.3 is 15.5 Å². The number of nitrogens with one attached hydrogen (secondary N) is 1. The van der Waals surface area contributed by atoms with Crippen LogP contribution >= 0.6 is 0 Å². The van der Waals surface area contributed by atoms with E-state index in [0.29, 0.717) is 37.1 Å². The summed E-state index contributed by atoms with van der Waals surface area (Å²) >= 11 is 0. The van der Waals surface area contributed by atoms with Crippen LogP contribution in [0.5, 0.6) is 0 Å². The van der Waals surface area contributed by atoms with Crippen molar-refractivity contribution in [3.63, 3.8) is 0 Å². The molecule has 0 bridgehead atoms. The molecule has 3 heterocycles. The molecule has 0 aromatic carbocycles. The SMILES string of the molecule is Nc1[nH]c2c(C3=CCCCC3)ncnc2c1S(=O)(=O)C1CCOCC1. The molecule has 3 N–H and O–H groups in total. The lowest BCUT2D eigenvalue weighted by Gasteiger charge is -2.22. The van der Waals surface area contributed by atoms with E-state index in [4.69, 9.17) is 10.5 Å². The van der Waals surface area contributed by atoms with Gasteiger partial charge in [-0.05, 0) is 44.1 Å². The first-order chi connectivity index (χ1) is 12.1. The smallest absolute Gasteiger partial charge is 0.187 e. The molecule has 0 spiro atoms. The van der Waals surface area contributed by atoms with Crippen molar-refractivity contribution in [2.24, 2.45) is 0 Å². The van der Waals surface area contributed by atoms with Crippen LogP contribution in [0.4, 0.5) is 5.82 Å². The first-order valence-electron chi connectivity index (χ1n) is 8.72. The fourth-order valence-electron chi connectivity index (χ4n) is 3.73. The molecule has 0 saturated carbocycles. The number of nitrogen functional groups attached to an aromatic ring is 1. The van der Waals surface area contributed by atoms with Gasteiger partial charge in [0.25, 0.3) is 0 Å². The first kappa shape index (κ1) is 16.5. The number of hydrogen-bond acceptors (Lipinski definition) is 6. The van der Waals surface area contributed by atoms with Crippen LogP contribution in [0.3, 0.4) is 0 Å². The Hall–Kier alpha value is -1.93. The number of allylic oxidation sites excluding steroid dienone is 2. The molecule has 0 radical (unpaired) electrons. The molecule has 1 aliphatic carbocycles. The Morgan fingerprint density at radius 1 is 1.20 bits per heavy atom. The molecule has 0 unspecified atom stereocenters. The number of nitrogens with zero attached hydrogens (tertiary/aromatic N) is 2. The Bertz CT molecular complexity index is 927. The molecule has 1 fully saturated rings. The average Bonchev–Trinajstić information content (AvgIpc) is 2.99. The number of ether oxygens (including phenoxy) is 1. The highest BCUT2D eigenvalue weighted by Crippen LogP contribution is 2.36. The maximum absolute atomic E-state index is 13.1. The van der Waals surface area contributed by atoms with E-state index in [9.17, 15) is 8.42 Å². The number of aromatic nitrogens is 3. The van der Waals surface area contributed by atoms with Crippen molar-refractivity contribution in [3.05, 3.63) is 18.1 Å². The number of nitrogens with two attached hydrogens (primary N) is 1. The van der Waals surface area contributed by atoms with Crippen LogP contribution < -0.4 is 5.73 Å². The molecule has 0 atom stereocenters. The van der Waals surface area contributed by atoms with E-state index >= 15 is 0 Å². The summed E-state index contributed by atoms with van der Waals surface area (Å²) in [4.78, 5) is 11.8. The summed E-state index contributed by atoms with van der Waals surface area (Å²) in [5, 5.41) is -0.477. The van der Waals surface area contributed by atoms with Gasteiger partial charge in [-0.1, -0.05) is 6.08 Å². The van der Waals surface area contributed by atoms with Crippen molar-refractivity contribution in [1.82, 2.24) is 15.0 Å². The van der Waals surface area contributed by atoms with Gasteiger partial charge in [-0.3, -0.25) is 0 Å². The minimum absolute atomic E-state index is 0.120. The molecule has 25 heavy (non-hydrogen) atoms. The van der Waals surface area contributed by atoms with Crippen LogP contribution in [0.1, 0.15) is 44.2 Å². The second kappa shape index (κ2) is 6.42. The Morgan fingerprint density at radius 3 is 2.72 bits per heavy atom. The van der Waals surface area contributed by atoms with Gasteiger partial charge in [0.15, 0.2) is 9.84 Å². The van der Waals surface area contributed by atoms with Gasteiger partial charge >= 0.3 is 0 Å². The van der Waals surface area contributed by atoms with Crippen LogP contribution in [0.15, 0.2) is 17.3 Å².